The molecular formula is C21H21BN5O. The highest BCUT2D eigenvalue weighted by molar-refractivity contribution is 6.39. The Labute approximate surface area is 164 Å². The molecule has 0 aliphatic carbocycles. The van der Waals surface area contributed by atoms with Crippen LogP contribution in [0.3, 0.4) is 0 Å². The Morgan fingerprint density at radius 3 is 2.29 bits per heavy atom. The Kier molecular flexibility index (Phi) is 4.51. The van der Waals surface area contributed by atoms with Gasteiger partial charge in [-0.05, 0) is 41.7 Å². The van der Waals surface area contributed by atoms with Gasteiger partial charge in [-0.3, -0.25) is 0 Å². The third-order valence-electron chi connectivity index (χ3n) is 4.13. The molecule has 2 aromatic carbocycles. The van der Waals surface area contributed by atoms with Crippen molar-refractivity contribution in [2.24, 2.45) is 0 Å². The van der Waals surface area contributed by atoms with Crippen molar-refractivity contribution in [1.82, 2.24) is 19.7 Å². The second kappa shape index (κ2) is 7.00. The van der Waals surface area contributed by atoms with E-state index < -0.39 is 0 Å². The molecule has 6 nitrogen and oxygen atoms in total. The van der Waals surface area contributed by atoms with Crippen LogP contribution in [0.25, 0.3) is 22.3 Å². The van der Waals surface area contributed by atoms with E-state index >= 15 is 0 Å². The number of ether oxygens (including phenoxy) is 1. The van der Waals surface area contributed by atoms with Crippen LogP contribution in [0.15, 0.2) is 60.9 Å². The number of nitrogens with zero attached hydrogens (tertiary/aromatic N) is 4. The van der Waals surface area contributed by atoms with Gasteiger partial charge in [0.2, 0.25) is 0 Å². The first-order valence-corrected chi connectivity index (χ1v) is 9.09. The summed E-state index contributed by atoms with van der Waals surface area (Å²) in [5.41, 5.74) is 8.53. The second-order valence-electron chi connectivity index (χ2n) is 7.69. The zero-order valence-electron chi connectivity index (χ0n) is 16.1. The molecule has 2 N–H and O–H groups in total. The van der Waals surface area contributed by atoms with Crippen molar-refractivity contribution in [3.05, 3.63) is 60.9 Å². The highest BCUT2D eigenvalue weighted by atomic mass is 16.5. The minimum atomic E-state index is -0.0662. The number of nitrogens with two attached hydrogens (primary N) is 1. The lowest BCUT2D eigenvalue weighted by Crippen LogP contribution is -2.19. The predicted octanol–water partition coefficient (Wildman–Crippen LogP) is 4.55. The minimum absolute atomic E-state index is 0.0662. The molecule has 0 aliphatic rings. The lowest BCUT2D eigenvalue weighted by molar-refractivity contribution is 0.483. The monoisotopic (exact) mass is 370 g/mol. The SMILES string of the molecule is CC(C)(C)[B]n1nc(-c2ccc(Oc3ccccc3)cc2)c2c(N)ncnc21. The minimum Gasteiger partial charge on any atom is -0.457 e. The molecule has 2 aromatic heterocycles. The normalized spacial score (nSPS) is 11.5. The van der Waals surface area contributed by atoms with Gasteiger partial charge in [-0.1, -0.05) is 39.0 Å². The molecule has 28 heavy (non-hydrogen) atoms. The molecule has 0 saturated heterocycles. The highest BCUT2D eigenvalue weighted by Crippen LogP contribution is 2.33. The van der Waals surface area contributed by atoms with E-state index in [-0.39, 0.29) is 5.31 Å². The Morgan fingerprint density at radius 1 is 0.929 bits per heavy atom. The number of rotatable bonds is 4. The largest absolute Gasteiger partial charge is 0.457 e. The topological polar surface area (TPSA) is 78.9 Å². The number of para-hydroxylation sites is 1. The zero-order valence-corrected chi connectivity index (χ0v) is 16.1. The maximum Gasteiger partial charge on any atom is 0.288 e. The fraction of sp³-hybridized carbons (Fsp3) is 0.190. The summed E-state index contributed by atoms with van der Waals surface area (Å²) in [5, 5.41) is 5.44. The molecule has 139 valence electrons. The third-order valence-corrected chi connectivity index (χ3v) is 4.13. The smallest absolute Gasteiger partial charge is 0.288 e. The van der Waals surface area contributed by atoms with Gasteiger partial charge in [0.25, 0.3) is 7.41 Å². The van der Waals surface area contributed by atoms with Gasteiger partial charge in [0.1, 0.15) is 29.3 Å². The fourth-order valence-electron chi connectivity index (χ4n) is 2.96. The first-order valence-electron chi connectivity index (χ1n) is 9.09. The van der Waals surface area contributed by atoms with Gasteiger partial charge >= 0.3 is 0 Å². The van der Waals surface area contributed by atoms with Gasteiger partial charge in [-0.15, -0.1) is 0 Å². The Balaban J connectivity index is 1.72. The molecule has 4 aromatic rings. The molecule has 4 rings (SSSR count). The summed E-state index contributed by atoms with van der Waals surface area (Å²) in [4.78, 5) is 8.55. The average molecular weight is 370 g/mol. The summed E-state index contributed by atoms with van der Waals surface area (Å²) in [6.07, 6.45) is 1.47. The summed E-state index contributed by atoms with van der Waals surface area (Å²) < 4.78 is 7.66. The van der Waals surface area contributed by atoms with E-state index in [9.17, 15) is 0 Å². The Bertz CT molecular complexity index is 1100. The Hall–Kier alpha value is -3.35. The van der Waals surface area contributed by atoms with Gasteiger partial charge in [-0.25, -0.2) is 9.97 Å². The van der Waals surface area contributed by atoms with Crippen molar-refractivity contribution in [3.63, 3.8) is 0 Å². The second-order valence-corrected chi connectivity index (χ2v) is 7.69. The van der Waals surface area contributed by atoms with E-state index in [0.717, 1.165) is 28.1 Å². The van der Waals surface area contributed by atoms with Crippen LogP contribution < -0.4 is 10.5 Å². The number of nitrogen functional groups attached to an aromatic ring is 1. The van der Waals surface area contributed by atoms with E-state index in [4.69, 9.17) is 15.6 Å². The van der Waals surface area contributed by atoms with Gasteiger partial charge < -0.3 is 15.1 Å². The van der Waals surface area contributed by atoms with E-state index in [1.807, 2.05) is 62.0 Å². The maximum atomic E-state index is 6.16. The van der Waals surface area contributed by atoms with Crippen LogP contribution in [0.4, 0.5) is 5.82 Å². The molecule has 7 heteroatoms. The van der Waals surface area contributed by atoms with E-state index in [0.29, 0.717) is 11.5 Å². The number of fused-ring (bicyclic) bond motifs is 1. The lowest BCUT2D eigenvalue weighted by Gasteiger charge is -2.15. The lowest BCUT2D eigenvalue weighted by atomic mass is 9.65. The first-order chi connectivity index (χ1) is 13.4. The Morgan fingerprint density at radius 2 is 1.61 bits per heavy atom. The molecule has 0 spiro atoms. The number of hydrogen-bond acceptors (Lipinski definition) is 5. The summed E-state index contributed by atoms with van der Waals surface area (Å²) in [7, 11) is 2.03. The molecule has 0 saturated carbocycles. The summed E-state index contributed by atoms with van der Waals surface area (Å²) in [5.74, 6) is 1.96. The molecule has 0 bridgehead atoms. The van der Waals surface area contributed by atoms with Crippen molar-refractivity contribution in [2.45, 2.75) is 26.1 Å². The van der Waals surface area contributed by atoms with Gasteiger partial charge in [0.15, 0.2) is 5.65 Å². The number of hydrogen-bond donors (Lipinski definition) is 1. The molecule has 0 fully saturated rings. The molecule has 1 radical (unpaired) electrons. The van der Waals surface area contributed by atoms with Crippen LogP contribution in [0.2, 0.25) is 5.31 Å². The highest BCUT2D eigenvalue weighted by Gasteiger charge is 2.22. The van der Waals surface area contributed by atoms with Crippen LogP contribution in [0.1, 0.15) is 20.8 Å². The van der Waals surface area contributed by atoms with Gasteiger partial charge in [0, 0.05) is 5.56 Å². The summed E-state index contributed by atoms with van der Waals surface area (Å²) in [6.45, 7) is 6.33. The average Bonchev–Trinajstić information content (AvgIpc) is 3.01. The van der Waals surface area contributed by atoms with E-state index in [2.05, 4.69) is 30.7 Å². The summed E-state index contributed by atoms with van der Waals surface area (Å²) >= 11 is 0. The predicted molar refractivity (Wildman–Crippen MR) is 113 cm³/mol. The van der Waals surface area contributed by atoms with Gasteiger partial charge in [0.05, 0.1) is 5.39 Å². The summed E-state index contributed by atoms with van der Waals surface area (Å²) in [6, 6.07) is 17.4. The molecule has 0 unspecified atom stereocenters. The van der Waals surface area contributed by atoms with E-state index in [1.54, 1.807) is 4.59 Å². The zero-order chi connectivity index (χ0) is 19.7. The van der Waals surface area contributed by atoms with Crippen molar-refractivity contribution in [3.8, 4) is 22.8 Å². The van der Waals surface area contributed by atoms with Crippen LogP contribution in [-0.2, 0) is 0 Å². The van der Waals surface area contributed by atoms with Crippen molar-refractivity contribution < 1.29 is 4.74 Å². The van der Waals surface area contributed by atoms with Crippen LogP contribution in [-0.4, -0.2) is 27.1 Å². The standard InChI is InChI=1S/C21H21BN5O/c1-21(2,3)22-27-20-17(19(23)24-13-25-20)18(26-27)14-9-11-16(12-10-14)28-15-7-5-4-6-8-15/h4-13H,1-3H3,(H2,23,24,25). The molecule has 0 atom stereocenters. The number of anilines is 1. The van der Waals surface area contributed by atoms with Crippen molar-refractivity contribution in [2.75, 3.05) is 5.73 Å². The maximum absolute atomic E-state index is 6.16. The van der Waals surface area contributed by atoms with E-state index in [1.165, 1.54) is 6.33 Å². The molecule has 0 aliphatic heterocycles. The number of aromatic nitrogens is 4. The quantitative estimate of drug-likeness (QED) is 0.533. The third kappa shape index (κ3) is 3.69. The van der Waals surface area contributed by atoms with Crippen LogP contribution in [0.5, 0.6) is 11.5 Å². The fourth-order valence-corrected chi connectivity index (χ4v) is 2.96. The first kappa shape index (κ1) is 18.0. The van der Waals surface area contributed by atoms with Crippen molar-refractivity contribution >= 4 is 24.3 Å². The van der Waals surface area contributed by atoms with Crippen molar-refractivity contribution in [1.29, 1.82) is 0 Å². The van der Waals surface area contributed by atoms with Gasteiger partial charge in [-0.2, -0.15) is 5.10 Å². The molecule has 0 amide bonds. The molecular weight excluding hydrogens is 349 g/mol. The van der Waals surface area contributed by atoms with Crippen LogP contribution >= 0.6 is 0 Å². The van der Waals surface area contributed by atoms with Crippen LogP contribution in [0, 0.1) is 0 Å². The molecule has 2 heterocycles. The number of benzene rings is 2.